The molecule has 1 unspecified atom stereocenters. The molecule has 1 atom stereocenters. The molecule has 0 radical (unpaired) electrons. The average Bonchev–Trinajstić information content (AvgIpc) is 2.68. The van der Waals surface area contributed by atoms with Crippen LogP contribution < -0.4 is 5.32 Å². The Morgan fingerprint density at radius 1 is 1.19 bits per heavy atom. The van der Waals surface area contributed by atoms with Crippen molar-refractivity contribution in [2.45, 2.75) is 45.4 Å². The van der Waals surface area contributed by atoms with Gasteiger partial charge in [0.25, 0.3) is 0 Å². The number of hydrogen-bond donors (Lipinski definition) is 1. The molecule has 1 nitrogen and oxygen atoms in total. The van der Waals surface area contributed by atoms with Gasteiger partial charge in [-0.05, 0) is 42.3 Å². The van der Waals surface area contributed by atoms with E-state index >= 15 is 0 Å². The third-order valence-corrected chi connectivity index (χ3v) is 3.50. The van der Waals surface area contributed by atoms with E-state index in [9.17, 15) is 0 Å². The largest absolute Gasteiger partial charge is 0.316 e. The Kier molecular flexibility index (Phi) is 3.07. The van der Waals surface area contributed by atoms with Crippen LogP contribution in [0.2, 0.25) is 0 Å². The van der Waals surface area contributed by atoms with Crippen molar-refractivity contribution in [1.29, 1.82) is 0 Å². The van der Waals surface area contributed by atoms with Gasteiger partial charge in [-0.3, -0.25) is 0 Å². The molecule has 1 heterocycles. The lowest BCUT2D eigenvalue weighted by molar-refractivity contribution is 0.587. The van der Waals surface area contributed by atoms with Crippen molar-refractivity contribution < 1.29 is 0 Å². The SMILES string of the molecule is Cc1cc(C2CCNC2)cc(C(C)(C)C)c1. The Balaban J connectivity index is 2.35. The van der Waals surface area contributed by atoms with Crippen molar-refractivity contribution in [3.05, 3.63) is 34.9 Å². The van der Waals surface area contributed by atoms with E-state index in [4.69, 9.17) is 0 Å². The summed E-state index contributed by atoms with van der Waals surface area (Å²) in [5.41, 5.74) is 4.64. The van der Waals surface area contributed by atoms with Gasteiger partial charge in [0.05, 0.1) is 0 Å². The molecule has 1 aromatic carbocycles. The normalized spacial score (nSPS) is 21.4. The summed E-state index contributed by atoms with van der Waals surface area (Å²) in [6, 6.07) is 7.09. The van der Waals surface area contributed by atoms with E-state index in [-0.39, 0.29) is 5.41 Å². The molecular formula is C15H23N. The van der Waals surface area contributed by atoms with Crippen LogP contribution in [0.4, 0.5) is 0 Å². The number of benzene rings is 1. The fourth-order valence-corrected chi connectivity index (χ4v) is 2.42. The van der Waals surface area contributed by atoms with Crippen LogP contribution >= 0.6 is 0 Å². The minimum absolute atomic E-state index is 0.257. The molecule has 0 amide bonds. The van der Waals surface area contributed by atoms with Crippen LogP contribution in [0.3, 0.4) is 0 Å². The molecule has 1 N–H and O–H groups in total. The number of hydrogen-bond acceptors (Lipinski definition) is 1. The zero-order valence-corrected chi connectivity index (χ0v) is 10.9. The zero-order valence-electron chi connectivity index (χ0n) is 10.9. The first-order valence-corrected chi connectivity index (χ1v) is 6.29. The predicted octanol–water partition coefficient (Wildman–Crippen LogP) is 3.37. The third-order valence-electron chi connectivity index (χ3n) is 3.50. The lowest BCUT2D eigenvalue weighted by atomic mass is 9.83. The van der Waals surface area contributed by atoms with Gasteiger partial charge >= 0.3 is 0 Å². The third kappa shape index (κ3) is 2.46. The Bertz CT molecular complexity index is 368. The zero-order chi connectivity index (χ0) is 11.8. The second kappa shape index (κ2) is 4.21. The van der Waals surface area contributed by atoms with Crippen molar-refractivity contribution in [1.82, 2.24) is 5.32 Å². The van der Waals surface area contributed by atoms with E-state index in [1.54, 1.807) is 0 Å². The van der Waals surface area contributed by atoms with Crippen molar-refractivity contribution in [3.8, 4) is 0 Å². The summed E-state index contributed by atoms with van der Waals surface area (Å²) in [5.74, 6) is 0.723. The summed E-state index contributed by atoms with van der Waals surface area (Å²) < 4.78 is 0. The number of nitrogens with one attached hydrogen (secondary N) is 1. The quantitative estimate of drug-likeness (QED) is 0.760. The summed E-state index contributed by atoms with van der Waals surface area (Å²) in [5, 5.41) is 3.45. The molecule has 0 aromatic heterocycles. The summed E-state index contributed by atoms with van der Waals surface area (Å²) in [4.78, 5) is 0. The van der Waals surface area contributed by atoms with Crippen LogP contribution in [0.15, 0.2) is 18.2 Å². The van der Waals surface area contributed by atoms with Crippen molar-refractivity contribution in [2.75, 3.05) is 13.1 Å². The second-order valence-electron chi connectivity index (χ2n) is 6.07. The molecule has 2 rings (SSSR count). The summed E-state index contributed by atoms with van der Waals surface area (Å²) in [6.45, 7) is 11.4. The summed E-state index contributed by atoms with van der Waals surface area (Å²) in [6.07, 6.45) is 1.28. The highest BCUT2D eigenvalue weighted by molar-refractivity contribution is 5.35. The van der Waals surface area contributed by atoms with E-state index in [0.29, 0.717) is 0 Å². The maximum atomic E-state index is 3.45. The van der Waals surface area contributed by atoms with E-state index in [1.165, 1.54) is 29.7 Å². The Hall–Kier alpha value is -0.820. The van der Waals surface area contributed by atoms with Crippen molar-refractivity contribution in [3.63, 3.8) is 0 Å². The number of rotatable bonds is 1. The molecule has 0 aliphatic carbocycles. The lowest BCUT2D eigenvalue weighted by Crippen LogP contribution is -2.13. The monoisotopic (exact) mass is 217 g/mol. The highest BCUT2D eigenvalue weighted by Gasteiger charge is 2.20. The minimum Gasteiger partial charge on any atom is -0.316 e. The molecule has 1 saturated heterocycles. The molecule has 1 fully saturated rings. The van der Waals surface area contributed by atoms with Gasteiger partial charge in [0, 0.05) is 6.54 Å². The van der Waals surface area contributed by atoms with Crippen molar-refractivity contribution >= 4 is 0 Å². The van der Waals surface area contributed by atoms with Crippen LogP contribution in [-0.4, -0.2) is 13.1 Å². The molecule has 1 aliphatic rings. The summed E-state index contributed by atoms with van der Waals surface area (Å²) in [7, 11) is 0. The van der Waals surface area contributed by atoms with Gasteiger partial charge in [-0.15, -0.1) is 0 Å². The van der Waals surface area contributed by atoms with Gasteiger partial charge in [0.1, 0.15) is 0 Å². The van der Waals surface area contributed by atoms with E-state index in [0.717, 1.165) is 12.5 Å². The molecular weight excluding hydrogens is 194 g/mol. The molecule has 1 heteroatoms. The first kappa shape index (κ1) is 11.7. The van der Waals surface area contributed by atoms with Crippen molar-refractivity contribution in [2.24, 2.45) is 0 Å². The molecule has 0 saturated carbocycles. The fraction of sp³-hybridized carbons (Fsp3) is 0.600. The Labute approximate surface area is 99.3 Å². The second-order valence-corrected chi connectivity index (χ2v) is 6.07. The van der Waals surface area contributed by atoms with Crippen LogP contribution in [0, 0.1) is 6.92 Å². The standard InChI is InChI=1S/C15H23N/c1-11-7-13(12-5-6-16-10-12)9-14(8-11)15(2,3)4/h7-9,12,16H,5-6,10H2,1-4H3. The molecule has 0 bridgehead atoms. The fourth-order valence-electron chi connectivity index (χ4n) is 2.42. The van der Waals surface area contributed by atoms with Gasteiger partial charge in [-0.1, -0.05) is 44.5 Å². The molecule has 88 valence electrons. The molecule has 1 aliphatic heterocycles. The maximum Gasteiger partial charge on any atom is 0.00206 e. The molecule has 0 spiro atoms. The lowest BCUT2D eigenvalue weighted by Gasteiger charge is -2.22. The van der Waals surface area contributed by atoms with E-state index in [2.05, 4.69) is 51.2 Å². The number of aryl methyl sites for hydroxylation is 1. The molecule has 16 heavy (non-hydrogen) atoms. The average molecular weight is 217 g/mol. The highest BCUT2D eigenvalue weighted by atomic mass is 14.9. The first-order valence-electron chi connectivity index (χ1n) is 6.29. The van der Waals surface area contributed by atoms with Crippen LogP contribution in [-0.2, 0) is 5.41 Å². The predicted molar refractivity (Wildman–Crippen MR) is 70.1 cm³/mol. The van der Waals surface area contributed by atoms with E-state index in [1.807, 2.05) is 0 Å². The minimum atomic E-state index is 0.257. The topological polar surface area (TPSA) is 12.0 Å². The van der Waals surface area contributed by atoms with Gasteiger partial charge in [0.15, 0.2) is 0 Å². The first-order chi connectivity index (χ1) is 7.47. The van der Waals surface area contributed by atoms with Gasteiger partial charge < -0.3 is 5.32 Å². The van der Waals surface area contributed by atoms with Crippen LogP contribution in [0.25, 0.3) is 0 Å². The van der Waals surface area contributed by atoms with Gasteiger partial charge in [0.2, 0.25) is 0 Å². The van der Waals surface area contributed by atoms with Gasteiger partial charge in [-0.2, -0.15) is 0 Å². The Morgan fingerprint density at radius 2 is 1.94 bits per heavy atom. The molecule has 1 aromatic rings. The van der Waals surface area contributed by atoms with Crippen LogP contribution in [0.1, 0.15) is 49.8 Å². The smallest absolute Gasteiger partial charge is 0.00206 e. The van der Waals surface area contributed by atoms with Crippen LogP contribution in [0.5, 0.6) is 0 Å². The highest BCUT2D eigenvalue weighted by Crippen LogP contribution is 2.29. The van der Waals surface area contributed by atoms with E-state index < -0.39 is 0 Å². The summed E-state index contributed by atoms with van der Waals surface area (Å²) >= 11 is 0. The Morgan fingerprint density at radius 3 is 2.50 bits per heavy atom. The maximum absolute atomic E-state index is 3.45. The van der Waals surface area contributed by atoms with Gasteiger partial charge in [-0.25, -0.2) is 0 Å².